The van der Waals surface area contributed by atoms with E-state index in [9.17, 15) is 4.79 Å². The Morgan fingerprint density at radius 3 is 2.18 bits per heavy atom. The van der Waals surface area contributed by atoms with E-state index in [0.717, 1.165) is 5.56 Å². The summed E-state index contributed by atoms with van der Waals surface area (Å²) in [4.78, 5) is 18.8. The van der Waals surface area contributed by atoms with E-state index in [-0.39, 0.29) is 12.2 Å². The van der Waals surface area contributed by atoms with Gasteiger partial charge in [-0.2, -0.15) is 0 Å². The molecular formula is C9H12N2O6. The van der Waals surface area contributed by atoms with Crippen LogP contribution in [0.15, 0.2) is 24.3 Å². The van der Waals surface area contributed by atoms with Gasteiger partial charge in [-0.3, -0.25) is 4.79 Å². The molecule has 0 fully saturated rings. The number of hydrogen-bond donors (Lipinski definition) is 4. The van der Waals surface area contributed by atoms with Crippen LogP contribution in [0, 0.1) is 10.1 Å². The van der Waals surface area contributed by atoms with Crippen LogP contribution in [0.5, 0.6) is 5.75 Å². The molecule has 1 rings (SSSR count). The second kappa shape index (κ2) is 7.01. The molecule has 0 heterocycles. The predicted octanol–water partition coefficient (Wildman–Crippen LogP) is -0.00110. The molecule has 1 atom stereocenters. The number of carboxylic acids is 1. The van der Waals surface area contributed by atoms with Crippen molar-refractivity contribution in [2.45, 2.75) is 12.5 Å². The van der Waals surface area contributed by atoms with Crippen LogP contribution in [0.2, 0.25) is 0 Å². The van der Waals surface area contributed by atoms with Crippen molar-refractivity contribution in [2.24, 2.45) is 5.73 Å². The third-order valence-electron chi connectivity index (χ3n) is 1.71. The highest BCUT2D eigenvalue weighted by Crippen LogP contribution is 2.10. The number of rotatable bonds is 3. The van der Waals surface area contributed by atoms with Crippen LogP contribution in [0.1, 0.15) is 5.56 Å². The second-order valence-electron chi connectivity index (χ2n) is 3.05. The highest BCUT2D eigenvalue weighted by atomic mass is 16.9. The minimum atomic E-state index is -1.50. The van der Waals surface area contributed by atoms with Gasteiger partial charge < -0.3 is 21.2 Å². The van der Waals surface area contributed by atoms with E-state index in [0.29, 0.717) is 0 Å². The van der Waals surface area contributed by atoms with Gasteiger partial charge in [-0.15, -0.1) is 10.1 Å². The second-order valence-corrected chi connectivity index (χ2v) is 3.05. The highest BCUT2D eigenvalue weighted by Gasteiger charge is 2.11. The number of carboxylic acid groups (broad SMARTS) is 1. The number of phenols is 1. The molecule has 5 N–H and O–H groups in total. The maximum atomic E-state index is 10.4. The first-order chi connectivity index (χ1) is 7.82. The normalized spacial score (nSPS) is 10.9. The van der Waals surface area contributed by atoms with E-state index in [1.54, 1.807) is 12.1 Å². The number of aliphatic carboxylic acids is 1. The monoisotopic (exact) mass is 244 g/mol. The molecule has 8 heteroatoms. The summed E-state index contributed by atoms with van der Waals surface area (Å²) in [6.07, 6.45) is 0.273. The van der Waals surface area contributed by atoms with Gasteiger partial charge in [0.05, 0.1) is 0 Å². The number of carbonyl (C=O) groups is 1. The SMILES string of the molecule is NC(Cc1ccc(O)cc1)C(=O)O.O=[N+]([O-])O. The summed E-state index contributed by atoms with van der Waals surface area (Å²) < 4.78 is 0. The molecule has 1 unspecified atom stereocenters. The number of nitrogens with zero attached hydrogens (tertiary/aromatic N) is 1. The number of hydrogen-bond acceptors (Lipinski definition) is 5. The lowest BCUT2D eigenvalue weighted by Gasteiger charge is -2.05. The van der Waals surface area contributed by atoms with Gasteiger partial charge in [0.25, 0.3) is 5.09 Å². The minimum absolute atomic E-state index is 0.160. The molecule has 0 aliphatic heterocycles. The van der Waals surface area contributed by atoms with Gasteiger partial charge in [-0.1, -0.05) is 12.1 Å². The van der Waals surface area contributed by atoms with Crippen molar-refractivity contribution in [3.8, 4) is 5.75 Å². The molecule has 1 aromatic carbocycles. The molecule has 8 nitrogen and oxygen atoms in total. The van der Waals surface area contributed by atoms with Gasteiger partial charge in [-0.25, -0.2) is 0 Å². The molecule has 0 saturated heterocycles. The summed E-state index contributed by atoms with van der Waals surface area (Å²) >= 11 is 0. The Kier molecular flexibility index (Phi) is 6.04. The van der Waals surface area contributed by atoms with Crippen LogP contribution in [0.25, 0.3) is 0 Å². The highest BCUT2D eigenvalue weighted by molar-refractivity contribution is 5.73. The van der Waals surface area contributed by atoms with Crippen LogP contribution in [-0.2, 0) is 11.2 Å². The van der Waals surface area contributed by atoms with Crippen LogP contribution in [0.4, 0.5) is 0 Å². The van der Waals surface area contributed by atoms with E-state index in [1.807, 2.05) is 0 Å². The molecule has 0 radical (unpaired) electrons. The first-order valence-corrected chi connectivity index (χ1v) is 4.42. The fourth-order valence-corrected chi connectivity index (χ4v) is 0.973. The lowest BCUT2D eigenvalue weighted by atomic mass is 10.1. The summed E-state index contributed by atoms with van der Waals surface area (Å²) in [7, 11) is 0. The molecule has 0 spiro atoms. The van der Waals surface area contributed by atoms with Crippen LogP contribution in [0.3, 0.4) is 0 Å². The molecule has 0 bridgehead atoms. The van der Waals surface area contributed by atoms with Crippen molar-refractivity contribution in [3.63, 3.8) is 0 Å². The maximum Gasteiger partial charge on any atom is 0.320 e. The quantitative estimate of drug-likeness (QED) is 0.432. The van der Waals surface area contributed by atoms with Gasteiger partial charge in [0.1, 0.15) is 11.8 Å². The Morgan fingerprint density at radius 2 is 1.82 bits per heavy atom. The molecule has 0 saturated carbocycles. The van der Waals surface area contributed by atoms with Crippen molar-refractivity contribution in [1.29, 1.82) is 0 Å². The average molecular weight is 244 g/mol. The topological polar surface area (TPSA) is 147 Å². The lowest BCUT2D eigenvalue weighted by molar-refractivity contribution is -0.742. The molecule has 1 aromatic rings. The summed E-state index contributed by atoms with van der Waals surface area (Å²) in [5, 5.41) is 31.1. The Balaban J connectivity index is 0.000000557. The van der Waals surface area contributed by atoms with E-state index in [1.165, 1.54) is 12.1 Å². The molecule has 0 aliphatic carbocycles. The Morgan fingerprint density at radius 1 is 1.41 bits per heavy atom. The third kappa shape index (κ3) is 7.56. The van der Waals surface area contributed by atoms with Gasteiger partial charge in [0.15, 0.2) is 0 Å². The number of benzene rings is 1. The van der Waals surface area contributed by atoms with Crippen molar-refractivity contribution < 1.29 is 25.3 Å². The van der Waals surface area contributed by atoms with E-state index in [2.05, 4.69) is 0 Å². The van der Waals surface area contributed by atoms with E-state index >= 15 is 0 Å². The van der Waals surface area contributed by atoms with Gasteiger partial charge in [-0.05, 0) is 24.1 Å². The van der Waals surface area contributed by atoms with Gasteiger partial charge in [0, 0.05) is 0 Å². The number of nitrogens with two attached hydrogens (primary N) is 1. The van der Waals surface area contributed by atoms with Gasteiger partial charge >= 0.3 is 5.97 Å². The Labute approximate surface area is 96.0 Å². The van der Waals surface area contributed by atoms with Gasteiger partial charge in [0.2, 0.25) is 0 Å². The van der Waals surface area contributed by atoms with Crippen molar-refractivity contribution in [3.05, 3.63) is 39.9 Å². The molecule has 94 valence electrons. The first-order valence-electron chi connectivity index (χ1n) is 4.42. The lowest BCUT2D eigenvalue weighted by Crippen LogP contribution is -2.32. The number of phenolic OH excluding ortho intramolecular Hbond substituents is 1. The van der Waals surface area contributed by atoms with Crippen molar-refractivity contribution in [2.75, 3.05) is 0 Å². The van der Waals surface area contributed by atoms with Crippen molar-refractivity contribution in [1.82, 2.24) is 0 Å². The minimum Gasteiger partial charge on any atom is -0.508 e. The fourth-order valence-electron chi connectivity index (χ4n) is 0.973. The zero-order valence-corrected chi connectivity index (χ0v) is 8.68. The Bertz CT molecular complexity index is 374. The van der Waals surface area contributed by atoms with E-state index < -0.39 is 17.1 Å². The fraction of sp³-hybridized carbons (Fsp3) is 0.222. The zero-order valence-electron chi connectivity index (χ0n) is 8.68. The summed E-state index contributed by atoms with van der Waals surface area (Å²) in [6, 6.07) is 5.42. The summed E-state index contributed by atoms with van der Waals surface area (Å²) in [6.45, 7) is 0. The molecule has 17 heavy (non-hydrogen) atoms. The first kappa shape index (κ1) is 14.6. The van der Waals surface area contributed by atoms with Crippen LogP contribution in [-0.4, -0.2) is 32.5 Å². The summed E-state index contributed by atoms with van der Waals surface area (Å²) in [5.41, 5.74) is 6.12. The smallest absolute Gasteiger partial charge is 0.320 e. The zero-order chi connectivity index (χ0) is 13.4. The molecular weight excluding hydrogens is 232 g/mol. The third-order valence-corrected chi connectivity index (χ3v) is 1.71. The number of aromatic hydroxyl groups is 1. The van der Waals surface area contributed by atoms with Crippen LogP contribution >= 0.6 is 0 Å². The van der Waals surface area contributed by atoms with Crippen molar-refractivity contribution >= 4 is 5.97 Å². The van der Waals surface area contributed by atoms with Crippen LogP contribution < -0.4 is 5.73 Å². The predicted molar refractivity (Wildman–Crippen MR) is 56.2 cm³/mol. The summed E-state index contributed by atoms with van der Waals surface area (Å²) in [5.74, 6) is -0.860. The molecule has 0 aromatic heterocycles. The van der Waals surface area contributed by atoms with E-state index in [4.69, 9.17) is 31.3 Å². The molecule has 0 aliphatic rings. The standard InChI is InChI=1S/C9H11NO3.HNO3/c10-8(9(12)13)5-6-1-3-7(11)4-2-6;2-1(3)4/h1-4,8,11H,5,10H2,(H,12,13);(H,2,3,4). The average Bonchev–Trinajstić information content (AvgIpc) is 2.20. The largest absolute Gasteiger partial charge is 0.508 e. The maximum absolute atomic E-state index is 10.4. The Hall–Kier alpha value is -2.35. The molecule has 0 amide bonds.